The van der Waals surface area contributed by atoms with E-state index in [0.29, 0.717) is 12.3 Å². The Morgan fingerprint density at radius 1 is 1.29 bits per heavy atom. The smallest absolute Gasteiger partial charge is 0.162 e. The Bertz CT molecular complexity index is 352. The van der Waals surface area contributed by atoms with Crippen molar-refractivity contribution in [3.63, 3.8) is 0 Å². The number of hydrogen-bond donors (Lipinski definition) is 1. The van der Waals surface area contributed by atoms with E-state index in [1.807, 2.05) is 0 Å². The molecule has 0 radical (unpaired) electrons. The molecule has 0 amide bonds. The molecular formula is C14H20F2O. The summed E-state index contributed by atoms with van der Waals surface area (Å²) in [5.41, 5.74) is 0.251. The first-order valence-corrected chi connectivity index (χ1v) is 6.15. The van der Waals surface area contributed by atoms with Crippen LogP contribution in [0.3, 0.4) is 0 Å². The second kappa shape index (κ2) is 6.70. The summed E-state index contributed by atoms with van der Waals surface area (Å²) in [6, 6.07) is 4.08. The summed E-state index contributed by atoms with van der Waals surface area (Å²) in [6.45, 7) is 4.16. The predicted molar refractivity (Wildman–Crippen MR) is 64.8 cm³/mol. The number of halogens is 2. The molecule has 0 aliphatic carbocycles. The van der Waals surface area contributed by atoms with Crippen molar-refractivity contribution in [2.75, 3.05) is 0 Å². The predicted octanol–water partition coefficient (Wildman–Crippen LogP) is 3.69. The average molecular weight is 242 g/mol. The molecule has 0 aliphatic heterocycles. The SMILES string of the molecule is CCCC(C)CC(O)Cc1cccc(F)c1F. The molecular weight excluding hydrogens is 222 g/mol. The van der Waals surface area contributed by atoms with Crippen LogP contribution in [0.25, 0.3) is 0 Å². The van der Waals surface area contributed by atoms with Gasteiger partial charge < -0.3 is 5.11 Å². The fourth-order valence-corrected chi connectivity index (χ4v) is 2.12. The minimum atomic E-state index is -0.851. The van der Waals surface area contributed by atoms with Gasteiger partial charge in [-0.05, 0) is 24.0 Å². The molecule has 1 aromatic rings. The van der Waals surface area contributed by atoms with Crippen LogP contribution in [0.2, 0.25) is 0 Å². The molecule has 1 rings (SSSR count). The minimum absolute atomic E-state index is 0.178. The molecule has 0 heterocycles. The molecule has 96 valence electrons. The molecule has 0 bridgehead atoms. The number of aliphatic hydroxyl groups excluding tert-OH is 1. The molecule has 0 saturated carbocycles. The summed E-state index contributed by atoms with van der Waals surface area (Å²) in [5, 5.41) is 9.83. The Hall–Kier alpha value is -0.960. The fourth-order valence-electron chi connectivity index (χ4n) is 2.12. The monoisotopic (exact) mass is 242 g/mol. The van der Waals surface area contributed by atoms with Gasteiger partial charge in [0.25, 0.3) is 0 Å². The molecule has 1 aromatic carbocycles. The highest BCUT2D eigenvalue weighted by molar-refractivity contribution is 5.19. The van der Waals surface area contributed by atoms with Crippen LogP contribution < -0.4 is 0 Å². The molecule has 3 heteroatoms. The zero-order valence-corrected chi connectivity index (χ0v) is 10.4. The maximum atomic E-state index is 13.4. The summed E-state index contributed by atoms with van der Waals surface area (Å²) < 4.78 is 26.3. The van der Waals surface area contributed by atoms with Gasteiger partial charge >= 0.3 is 0 Å². The van der Waals surface area contributed by atoms with Crippen molar-refractivity contribution < 1.29 is 13.9 Å². The Labute approximate surface area is 101 Å². The third-order valence-electron chi connectivity index (χ3n) is 2.94. The standard InChI is InChI=1S/C14H20F2O/c1-3-5-10(2)8-12(17)9-11-6-4-7-13(15)14(11)16/h4,6-7,10,12,17H,3,5,8-9H2,1-2H3. The normalized spacial score (nSPS) is 14.6. The highest BCUT2D eigenvalue weighted by Crippen LogP contribution is 2.18. The van der Waals surface area contributed by atoms with Crippen LogP contribution in [0.1, 0.15) is 38.7 Å². The summed E-state index contributed by atoms with van der Waals surface area (Å²) in [6.07, 6.45) is 2.32. The third kappa shape index (κ3) is 4.43. The van der Waals surface area contributed by atoms with E-state index >= 15 is 0 Å². The van der Waals surface area contributed by atoms with E-state index in [1.54, 1.807) is 0 Å². The van der Waals surface area contributed by atoms with Crippen molar-refractivity contribution in [2.24, 2.45) is 5.92 Å². The Morgan fingerprint density at radius 2 is 2.00 bits per heavy atom. The lowest BCUT2D eigenvalue weighted by atomic mass is 9.95. The summed E-state index contributed by atoms with van der Waals surface area (Å²) >= 11 is 0. The Kier molecular flexibility index (Phi) is 5.56. The van der Waals surface area contributed by atoms with Crippen molar-refractivity contribution in [3.05, 3.63) is 35.4 Å². The van der Waals surface area contributed by atoms with Gasteiger partial charge in [0.05, 0.1) is 6.10 Å². The summed E-state index contributed by atoms with van der Waals surface area (Å²) in [7, 11) is 0. The molecule has 0 saturated heterocycles. The van der Waals surface area contributed by atoms with E-state index < -0.39 is 17.7 Å². The van der Waals surface area contributed by atoms with E-state index in [9.17, 15) is 13.9 Å². The van der Waals surface area contributed by atoms with Crippen LogP contribution >= 0.6 is 0 Å². The maximum absolute atomic E-state index is 13.4. The van der Waals surface area contributed by atoms with Crippen molar-refractivity contribution in [1.82, 2.24) is 0 Å². The molecule has 17 heavy (non-hydrogen) atoms. The highest BCUT2D eigenvalue weighted by atomic mass is 19.2. The van der Waals surface area contributed by atoms with Crippen LogP contribution in [0, 0.1) is 17.6 Å². The molecule has 2 atom stereocenters. The van der Waals surface area contributed by atoms with Crippen molar-refractivity contribution >= 4 is 0 Å². The Morgan fingerprint density at radius 3 is 2.65 bits per heavy atom. The number of benzene rings is 1. The van der Waals surface area contributed by atoms with E-state index in [0.717, 1.165) is 18.9 Å². The molecule has 0 spiro atoms. The van der Waals surface area contributed by atoms with Gasteiger partial charge in [-0.15, -0.1) is 0 Å². The minimum Gasteiger partial charge on any atom is -0.393 e. The molecule has 2 unspecified atom stereocenters. The zero-order chi connectivity index (χ0) is 12.8. The Balaban J connectivity index is 2.56. The van der Waals surface area contributed by atoms with Crippen LogP contribution in [0.5, 0.6) is 0 Å². The number of rotatable bonds is 6. The van der Waals surface area contributed by atoms with Crippen LogP contribution in [-0.4, -0.2) is 11.2 Å². The van der Waals surface area contributed by atoms with Gasteiger partial charge in [0.15, 0.2) is 11.6 Å². The second-order valence-corrected chi connectivity index (χ2v) is 4.70. The van der Waals surface area contributed by atoms with Gasteiger partial charge in [0.2, 0.25) is 0 Å². The van der Waals surface area contributed by atoms with Gasteiger partial charge in [0, 0.05) is 6.42 Å². The molecule has 1 nitrogen and oxygen atoms in total. The first-order valence-electron chi connectivity index (χ1n) is 6.15. The molecule has 0 aliphatic rings. The largest absolute Gasteiger partial charge is 0.393 e. The first kappa shape index (κ1) is 14.1. The number of aliphatic hydroxyl groups is 1. The zero-order valence-electron chi connectivity index (χ0n) is 10.4. The van der Waals surface area contributed by atoms with Crippen molar-refractivity contribution in [1.29, 1.82) is 0 Å². The fraction of sp³-hybridized carbons (Fsp3) is 0.571. The van der Waals surface area contributed by atoms with Crippen molar-refractivity contribution in [2.45, 2.75) is 45.6 Å². The lowest BCUT2D eigenvalue weighted by Crippen LogP contribution is -2.15. The quantitative estimate of drug-likeness (QED) is 0.806. The van der Waals surface area contributed by atoms with E-state index in [2.05, 4.69) is 13.8 Å². The average Bonchev–Trinajstić information content (AvgIpc) is 2.25. The van der Waals surface area contributed by atoms with E-state index in [-0.39, 0.29) is 12.0 Å². The van der Waals surface area contributed by atoms with Crippen molar-refractivity contribution in [3.8, 4) is 0 Å². The highest BCUT2D eigenvalue weighted by Gasteiger charge is 2.14. The van der Waals surface area contributed by atoms with Crippen LogP contribution in [0.15, 0.2) is 18.2 Å². The molecule has 0 fully saturated rings. The topological polar surface area (TPSA) is 20.2 Å². The van der Waals surface area contributed by atoms with Gasteiger partial charge in [-0.2, -0.15) is 0 Å². The van der Waals surface area contributed by atoms with Crippen LogP contribution in [-0.2, 0) is 6.42 Å². The van der Waals surface area contributed by atoms with Gasteiger partial charge in [-0.3, -0.25) is 0 Å². The molecule has 1 N–H and O–H groups in total. The van der Waals surface area contributed by atoms with Crippen LogP contribution in [0.4, 0.5) is 8.78 Å². The third-order valence-corrected chi connectivity index (χ3v) is 2.94. The van der Waals surface area contributed by atoms with E-state index in [4.69, 9.17) is 0 Å². The number of hydrogen-bond acceptors (Lipinski definition) is 1. The summed E-state index contributed by atoms with van der Waals surface area (Å²) in [4.78, 5) is 0. The lowest BCUT2D eigenvalue weighted by Gasteiger charge is -2.16. The van der Waals surface area contributed by atoms with Gasteiger partial charge in [-0.1, -0.05) is 38.8 Å². The second-order valence-electron chi connectivity index (χ2n) is 4.70. The maximum Gasteiger partial charge on any atom is 0.162 e. The molecule has 0 aromatic heterocycles. The van der Waals surface area contributed by atoms with Gasteiger partial charge in [-0.25, -0.2) is 8.78 Å². The first-order chi connectivity index (χ1) is 8.04. The summed E-state index contributed by atoms with van der Waals surface area (Å²) in [5.74, 6) is -1.28. The van der Waals surface area contributed by atoms with E-state index in [1.165, 1.54) is 12.1 Å². The van der Waals surface area contributed by atoms with Gasteiger partial charge in [0.1, 0.15) is 0 Å². The lowest BCUT2D eigenvalue weighted by molar-refractivity contribution is 0.142.